The summed E-state index contributed by atoms with van der Waals surface area (Å²) in [5.74, 6) is -0.545. The van der Waals surface area contributed by atoms with Crippen LogP contribution in [0.25, 0.3) is 0 Å². The van der Waals surface area contributed by atoms with E-state index in [0.717, 1.165) is 12.1 Å². The Kier molecular flexibility index (Phi) is 3.28. The zero-order valence-electron chi connectivity index (χ0n) is 9.78. The second-order valence-corrected chi connectivity index (χ2v) is 3.87. The molecule has 1 heterocycles. The van der Waals surface area contributed by atoms with Crippen LogP contribution >= 0.6 is 0 Å². The third kappa shape index (κ3) is 2.93. The topological polar surface area (TPSA) is 55.1 Å². The van der Waals surface area contributed by atoms with E-state index in [1.165, 1.54) is 25.3 Å². The summed E-state index contributed by atoms with van der Waals surface area (Å²) < 4.78 is 41.9. The van der Waals surface area contributed by atoms with Crippen molar-refractivity contribution in [1.82, 2.24) is 5.16 Å². The Hall–Kier alpha value is -2.31. The van der Waals surface area contributed by atoms with Crippen LogP contribution in [0.1, 0.15) is 21.6 Å². The Morgan fingerprint density at radius 3 is 2.58 bits per heavy atom. The molecule has 0 saturated carbocycles. The Morgan fingerprint density at radius 2 is 2.05 bits per heavy atom. The van der Waals surface area contributed by atoms with E-state index in [-0.39, 0.29) is 5.69 Å². The molecule has 2 aromatic rings. The second-order valence-electron chi connectivity index (χ2n) is 3.87. The van der Waals surface area contributed by atoms with E-state index in [4.69, 9.17) is 0 Å². The first kappa shape index (κ1) is 13.1. The lowest BCUT2D eigenvalue weighted by Gasteiger charge is -2.11. The van der Waals surface area contributed by atoms with Gasteiger partial charge in [-0.1, -0.05) is 5.16 Å². The van der Waals surface area contributed by atoms with E-state index in [0.29, 0.717) is 11.3 Å². The maximum atomic E-state index is 12.5. The number of hydrogen-bond donors (Lipinski definition) is 1. The van der Waals surface area contributed by atoms with Crippen molar-refractivity contribution < 1.29 is 22.5 Å². The number of rotatable bonds is 2. The fourth-order valence-electron chi connectivity index (χ4n) is 1.50. The Morgan fingerprint density at radius 1 is 1.32 bits per heavy atom. The number of benzene rings is 1. The smallest absolute Gasteiger partial charge is 0.364 e. The largest absolute Gasteiger partial charge is 0.416 e. The molecule has 0 saturated heterocycles. The van der Waals surface area contributed by atoms with Gasteiger partial charge in [0, 0.05) is 11.8 Å². The SMILES string of the molecule is Cc1cc(C(F)(F)F)ccc1NC(=O)c1ccon1. The minimum absolute atomic E-state index is 0.0549. The van der Waals surface area contributed by atoms with Crippen LogP contribution in [-0.4, -0.2) is 11.1 Å². The normalized spacial score (nSPS) is 11.4. The molecule has 1 aromatic carbocycles. The molecule has 100 valence electrons. The van der Waals surface area contributed by atoms with Crippen molar-refractivity contribution in [2.24, 2.45) is 0 Å². The number of aryl methyl sites for hydroxylation is 1. The minimum Gasteiger partial charge on any atom is -0.364 e. The van der Waals surface area contributed by atoms with Gasteiger partial charge in [-0.3, -0.25) is 4.79 Å². The van der Waals surface area contributed by atoms with E-state index < -0.39 is 17.6 Å². The monoisotopic (exact) mass is 270 g/mol. The van der Waals surface area contributed by atoms with E-state index in [9.17, 15) is 18.0 Å². The van der Waals surface area contributed by atoms with Gasteiger partial charge in [-0.05, 0) is 30.7 Å². The molecule has 0 aliphatic rings. The van der Waals surface area contributed by atoms with Gasteiger partial charge in [0.1, 0.15) is 6.26 Å². The first-order valence-corrected chi connectivity index (χ1v) is 5.27. The maximum absolute atomic E-state index is 12.5. The number of hydrogen-bond acceptors (Lipinski definition) is 3. The van der Waals surface area contributed by atoms with E-state index in [2.05, 4.69) is 15.0 Å². The van der Waals surface area contributed by atoms with Crippen LogP contribution in [-0.2, 0) is 6.18 Å². The molecule has 2 rings (SSSR count). The number of carbonyl (C=O) groups excluding carboxylic acids is 1. The van der Waals surface area contributed by atoms with Gasteiger partial charge in [0.05, 0.1) is 5.56 Å². The van der Waals surface area contributed by atoms with Gasteiger partial charge in [0.25, 0.3) is 5.91 Å². The van der Waals surface area contributed by atoms with Crippen molar-refractivity contribution in [3.05, 3.63) is 47.3 Å². The molecule has 19 heavy (non-hydrogen) atoms. The van der Waals surface area contributed by atoms with Crippen molar-refractivity contribution in [3.8, 4) is 0 Å². The van der Waals surface area contributed by atoms with Gasteiger partial charge in [-0.15, -0.1) is 0 Å². The lowest BCUT2D eigenvalue weighted by molar-refractivity contribution is -0.137. The summed E-state index contributed by atoms with van der Waals surface area (Å²) in [6.45, 7) is 1.48. The molecule has 0 unspecified atom stereocenters. The van der Waals surface area contributed by atoms with Gasteiger partial charge in [0.2, 0.25) is 0 Å². The number of nitrogens with zero attached hydrogens (tertiary/aromatic N) is 1. The average Bonchev–Trinajstić information content (AvgIpc) is 2.84. The zero-order valence-corrected chi connectivity index (χ0v) is 9.78. The molecule has 1 aromatic heterocycles. The first-order valence-electron chi connectivity index (χ1n) is 5.27. The number of halogens is 3. The van der Waals surface area contributed by atoms with E-state index in [1.54, 1.807) is 0 Å². The number of aromatic nitrogens is 1. The Bertz CT molecular complexity index is 592. The molecule has 0 aliphatic heterocycles. The summed E-state index contributed by atoms with van der Waals surface area (Å²) in [7, 11) is 0. The van der Waals surface area contributed by atoms with Gasteiger partial charge in [0.15, 0.2) is 5.69 Å². The number of carbonyl (C=O) groups is 1. The Balaban J connectivity index is 2.21. The minimum atomic E-state index is -4.40. The maximum Gasteiger partial charge on any atom is 0.416 e. The molecule has 0 spiro atoms. The van der Waals surface area contributed by atoms with Crippen molar-refractivity contribution in [1.29, 1.82) is 0 Å². The lowest BCUT2D eigenvalue weighted by atomic mass is 10.1. The van der Waals surface area contributed by atoms with Crippen LogP contribution in [0.15, 0.2) is 35.1 Å². The van der Waals surface area contributed by atoms with Crippen LogP contribution in [0.3, 0.4) is 0 Å². The van der Waals surface area contributed by atoms with E-state index in [1.807, 2.05) is 0 Å². The lowest BCUT2D eigenvalue weighted by Crippen LogP contribution is -2.14. The summed E-state index contributed by atoms with van der Waals surface area (Å²) in [5.41, 5.74) is -0.101. The highest BCUT2D eigenvalue weighted by atomic mass is 19.4. The van der Waals surface area contributed by atoms with E-state index >= 15 is 0 Å². The van der Waals surface area contributed by atoms with Crippen molar-refractivity contribution >= 4 is 11.6 Å². The molecule has 7 heteroatoms. The van der Waals surface area contributed by atoms with Crippen LogP contribution in [0.2, 0.25) is 0 Å². The molecular weight excluding hydrogens is 261 g/mol. The molecular formula is C12H9F3N2O2. The molecule has 1 N–H and O–H groups in total. The molecule has 1 amide bonds. The number of amides is 1. The van der Waals surface area contributed by atoms with Crippen molar-refractivity contribution in [3.63, 3.8) is 0 Å². The zero-order chi connectivity index (χ0) is 14.0. The molecule has 0 bridgehead atoms. The summed E-state index contributed by atoms with van der Waals surface area (Å²) in [5, 5.41) is 5.89. The molecule has 0 atom stereocenters. The molecule has 0 fully saturated rings. The second kappa shape index (κ2) is 4.75. The predicted molar refractivity (Wildman–Crippen MR) is 60.6 cm³/mol. The van der Waals surface area contributed by atoms with Crippen LogP contribution < -0.4 is 5.32 Å². The molecule has 0 radical (unpaired) electrons. The standard InChI is InChI=1S/C12H9F3N2O2/c1-7-6-8(12(13,14)15)2-3-9(7)16-11(18)10-4-5-19-17-10/h2-6H,1H3,(H,16,18). The van der Waals surface area contributed by atoms with Gasteiger partial charge >= 0.3 is 6.18 Å². The first-order chi connectivity index (χ1) is 8.88. The molecule has 4 nitrogen and oxygen atoms in total. The Labute approximate surface area is 106 Å². The average molecular weight is 270 g/mol. The quantitative estimate of drug-likeness (QED) is 0.911. The number of alkyl halides is 3. The van der Waals surface area contributed by atoms with Gasteiger partial charge in [-0.25, -0.2) is 0 Å². The van der Waals surface area contributed by atoms with Crippen LogP contribution in [0.5, 0.6) is 0 Å². The highest BCUT2D eigenvalue weighted by Gasteiger charge is 2.30. The summed E-state index contributed by atoms with van der Waals surface area (Å²) in [4.78, 5) is 11.7. The summed E-state index contributed by atoms with van der Waals surface area (Å²) >= 11 is 0. The highest BCUT2D eigenvalue weighted by molar-refractivity contribution is 6.03. The van der Waals surface area contributed by atoms with Crippen molar-refractivity contribution in [2.45, 2.75) is 13.1 Å². The third-order valence-electron chi connectivity index (χ3n) is 2.47. The predicted octanol–water partition coefficient (Wildman–Crippen LogP) is 3.25. The van der Waals surface area contributed by atoms with Crippen LogP contribution in [0.4, 0.5) is 18.9 Å². The highest BCUT2D eigenvalue weighted by Crippen LogP contribution is 2.31. The fraction of sp³-hybridized carbons (Fsp3) is 0.167. The van der Waals surface area contributed by atoms with Gasteiger partial charge in [-0.2, -0.15) is 13.2 Å². The molecule has 0 aliphatic carbocycles. The van der Waals surface area contributed by atoms with Crippen LogP contribution in [0, 0.1) is 6.92 Å². The fourth-order valence-corrected chi connectivity index (χ4v) is 1.50. The third-order valence-corrected chi connectivity index (χ3v) is 2.47. The number of nitrogens with one attached hydrogen (secondary N) is 1. The summed E-state index contributed by atoms with van der Waals surface area (Å²) in [6.07, 6.45) is -3.17. The number of anilines is 1. The van der Waals surface area contributed by atoms with Gasteiger partial charge < -0.3 is 9.84 Å². The van der Waals surface area contributed by atoms with Crippen molar-refractivity contribution in [2.75, 3.05) is 5.32 Å². The summed E-state index contributed by atoms with van der Waals surface area (Å²) in [6, 6.07) is 4.44.